The number of rotatable bonds is 4. The molecule has 0 saturated carbocycles. The van der Waals surface area contributed by atoms with Crippen molar-refractivity contribution in [1.82, 2.24) is 10.3 Å². The van der Waals surface area contributed by atoms with Crippen molar-refractivity contribution in [2.45, 2.75) is 72.2 Å². The number of aryl methyl sites for hydroxylation is 1. The molecule has 1 aromatic heterocycles. The predicted molar refractivity (Wildman–Crippen MR) is 107 cm³/mol. The molecular formula is C20H30BFN2O4. The average Bonchev–Trinajstić information content (AvgIpc) is 2.73. The van der Waals surface area contributed by atoms with E-state index >= 15 is 0 Å². The van der Waals surface area contributed by atoms with Crippen LogP contribution in [-0.2, 0) is 14.0 Å². The first kappa shape index (κ1) is 22.4. The minimum Gasteiger partial charge on any atom is -0.444 e. The fraction of sp³-hybridized carbons (Fsp3) is 0.600. The van der Waals surface area contributed by atoms with E-state index in [4.69, 9.17) is 14.0 Å². The highest BCUT2D eigenvalue weighted by Crippen LogP contribution is 2.38. The second kappa shape index (κ2) is 7.83. The van der Waals surface area contributed by atoms with Gasteiger partial charge in [-0.1, -0.05) is 0 Å². The van der Waals surface area contributed by atoms with Crippen molar-refractivity contribution in [3.8, 4) is 0 Å². The van der Waals surface area contributed by atoms with Crippen LogP contribution in [-0.4, -0.2) is 41.5 Å². The summed E-state index contributed by atoms with van der Waals surface area (Å²) in [6, 6.07) is 2.96. The molecule has 0 spiro atoms. The van der Waals surface area contributed by atoms with E-state index in [0.29, 0.717) is 11.2 Å². The SMILES string of the molecule is Cc1ccc(F)c(C=C(CNC(=O)OC(C)(C)C)B2OC(C)(C)C(C)(C)O2)n1. The van der Waals surface area contributed by atoms with Crippen molar-refractivity contribution >= 4 is 19.3 Å². The Bertz CT molecular complexity index is 756. The highest BCUT2D eigenvalue weighted by molar-refractivity contribution is 6.56. The zero-order valence-corrected chi connectivity index (χ0v) is 18.0. The quantitative estimate of drug-likeness (QED) is 0.783. The van der Waals surface area contributed by atoms with E-state index in [1.165, 1.54) is 6.07 Å². The normalized spacial score (nSPS) is 18.9. The Morgan fingerprint density at radius 2 is 1.82 bits per heavy atom. The van der Waals surface area contributed by atoms with Crippen molar-refractivity contribution in [1.29, 1.82) is 0 Å². The van der Waals surface area contributed by atoms with Gasteiger partial charge in [-0.15, -0.1) is 0 Å². The number of carbonyl (C=O) groups is 1. The molecule has 8 heteroatoms. The third kappa shape index (κ3) is 5.55. The second-order valence-corrected chi connectivity index (χ2v) is 8.98. The Balaban J connectivity index is 2.30. The molecule has 1 aliphatic heterocycles. The summed E-state index contributed by atoms with van der Waals surface area (Å²) in [6.07, 6.45) is 0.981. The molecular weight excluding hydrogens is 362 g/mol. The Morgan fingerprint density at radius 1 is 1.25 bits per heavy atom. The maximum atomic E-state index is 14.2. The topological polar surface area (TPSA) is 69.7 Å². The first-order chi connectivity index (χ1) is 12.7. The number of alkyl carbamates (subject to hydrolysis) is 1. The molecule has 0 radical (unpaired) electrons. The van der Waals surface area contributed by atoms with Gasteiger partial charge in [-0.05, 0) is 79.1 Å². The summed E-state index contributed by atoms with van der Waals surface area (Å²) in [5.74, 6) is -0.461. The van der Waals surface area contributed by atoms with Gasteiger partial charge in [-0.2, -0.15) is 0 Å². The molecule has 154 valence electrons. The maximum absolute atomic E-state index is 14.2. The number of halogens is 1. The number of pyridine rings is 1. The summed E-state index contributed by atoms with van der Waals surface area (Å²) in [5, 5.41) is 2.69. The van der Waals surface area contributed by atoms with Crippen LogP contribution in [0.5, 0.6) is 0 Å². The lowest BCUT2D eigenvalue weighted by molar-refractivity contribution is 0.00578. The average molecular weight is 392 g/mol. The summed E-state index contributed by atoms with van der Waals surface area (Å²) in [7, 11) is -0.748. The number of amides is 1. The van der Waals surface area contributed by atoms with E-state index in [9.17, 15) is 9.18 Å². The lowest BCUT2D eigenvalue weighted by Gasteiger charge is -2.32. The highest BCUT2D eigenvalue weighted by Gasteiger charge is 2.52. The standard InChI is InChI=1S/C20H30BFN2O4/c1-13-9-10-15(22)16(24-13)11-14(12-23-17(25)26-18(2,3)4)21-27-19(5,6)20(7,8)28-21/h9-11H,12H2,1-8H3,(H,23,25). The molecule has 0 bridgehead atoms. The van der Waals surface area contributed by atoms with E-state index in [1.54, 1.807) is 39.8 Å². The molecule has 1 aromatic rings. The minimum atomic E-state index is -0.748. The van der Waals surface area contributed by atoms with Gasteiger partial charge < -0.3 is 19.4 Å². The van der Waals surface area contributed by atoms with E-state index in [1.807, 2.05) is 27.7 Å². The number of aromatic nitrogens is 1. The molecule has 1 saturated heterocycles. The Kier molecular flexibility index (Phi) is 6.26. The van der Waals surface area contributed by atoms with Crippen LogP contribution in [0, 0.1) is 12.7 Å². The first-order valence-corrected chi connectivity index (χ1v) is 9.36. The van der Waals surface area contributed by atoms with Crippen molar-refractivity contribution in [3.05, 3.63) is 34.8 Å². The van der Waals surface area contributed by atoms with Gasteiger partial charge in [-0.3, -0.25) is 4.98 Å². The Morgan fingerprint density at radius 3 is 2.36 bits per heavy atom. The van der Waals surface area contributed by atoms with E-state index in [0.717, 1.165) is 0 Å². The molecule has 28 heavy (non-hydrogen) atoms. The summed E-state index contributed by atoms with van der Waals surface area (Å²) in [4.78, 5) is 16.3. The summed E-state index contributed by atoms with van der Waals surface area (Å²) < 4.78 is 31.7. The molecule has 1 N–H and O–H groups in total. The smallest absolute Gasteiger partial charge is 0.444 e. The van der Waals surface area contributed by atoms with Gasteiger partial charge >= 0.3 is 13.2 Å². The Labute approximate surface area is 167 Å². The van der Waals surface area contributed by atoms with Gasteiger partial charge in [-0.25, -0.2) is 9.18 Å². The van der Waals surface area contributed by atoms with E-state index in [2.05, 4.69) is 10.3 Å². The predicted octanol–water partition coefficient (Wildman–Crippen LogP) is 4.07. The van der Waals surface area contributed by atoms with Crippen molar-refractivity contribution in [3.63, 3.8) is 0 Å². The number of nitrogens with zero attached hydrogens (tertiary/aromatic N) is 1. The molecule has 1 aliphatic rings. The van der Waals surface area contributed by atoms with Gasteiger partial charge in [0.05, 0.1) is 16.9 Å². The van der Waals surface area contributed by atoms with Gasteiger partial charge in [0.25, 0.3) is 0 Å². The number of hydrogen-bond donors (Lipinski definition) is 1. The largest absolute Gasteiger partial charge is 0.492 e. The van der Waals surface area contributed by atoms with Crippen LogP contribution in [0.3, 0.4) is 0 Å². The molecule has 0 aliphatic carbocycles. The van der Waals surface area contributed by atoms with E-state index in [-0.39, 0.29) is 12.2 Å². The molecule has 0 atom stereocenters. The lowest BCUT2D eigenvalue weighted by Crippen LogP contribution is -2.41. The minimum absolute atomic E-state index is 0.0702. The van der Waals surface area contributed by atoms with Gasteiger partial charge in [0.15, 0.2) is 0 Å². The Hall–Kier alpha value is -1.93. The number of carbonyl (C=O) groups excluding carboxylic acids is 1. The van der Waals surface area contributed by atoms with Gasteiger partial charge in [0, 0.05) is 12.2 Å². The maximum Gasteiger partial charge on any atom is 0.492 e. The highest BCUT2D eigenvalue weighted by atomic mass is 19.1. The molecule has 2 rings (SSSR count). The summed E-state index contributed by atoms with van der Waals surface area (Å²) in [6.45, 7) is 14.9. The van der Waals surface area contributed by atoms with Crippen LogP contribution < -0.4 is 5.32 Å². The second-order valence-electron chi connectivity index (χ2n) is 8.98. The third-order valence-corrected chi connectivity index (χ3v) is 4.73. The molecule has 1 fully saturated rings. The molecule has 0 unspecified atom stereocenters. The first-order valence-electron chi connectivity index (χ1n) is 9.36. The fourth-order valence-corrected chi connectivity index (χ4v) is 2.52. The van der Waals surface area contributed by atoms with Crippen LogP contribution in [0.15, 0.2) is 17.6 Å². The van der Waals surface area contributed by atoms with Crippen molar-refractivity contribution in [2.24, 2.45) is 0 Å². The van der Waals surface area contributed by atoms with Crippen LogP contribution in [0.2, 0.25) is 0 Å². The van der Waals surface area contributed by atoms with Crippen molar-refractivity contribution < 1.29 is 23.2 Å². The van der Waals surface area contributed by atoms with E-state index < -0.39 is 35.8 Å². The number of nitrogens with one attached hydrogen (secondary N) is 1. The van der Waals surface area contributed by atoms with Crippen LogP contribution >= 0.6 is 0 Å². The van der Waals surface area contributed by atoms with Gasteiger partial charge in [0.1, 0.15) is 11.4 Å². The van der Waals surface area contributed by atoms with Crippen LogP contribution in [0.4, 0.5) is 9.18 Å². The number of ether oxygens (including phenoxy) is 1. The monoisotopic (exact) mass is 392 g/mol. The number of hydrogen-bond acceptors (Lipinski definition) is 5. The van der Waals surface area contributed by atoms with Gasteiger partial charge in [0.2, 0.25) is 0 Å². The third-order valence-electron chi connectivity index (χ3n) is 4.73. The van der Waals surface area contributed by atoms with Crippen LogP contribution in [0.1, 0.15) is 59.9 Å². The molecule has 0 aromatic carbocycles. The summed E-state index contributed by atoms with van der Waals surface area (Å²) in [5.41, 5.74) is -0.372. The molecule has 2 heterocycles. The molecule has 6 nitrogen and oxygen atoms in total. The zero-order chi connectivity index (χ0) is 21.3. The zero-order valence-electron chi connectivity index (χ0n) is 18.0. The van der Waals surface area contributed by atoms with Crippen molar-refractivity contribution in [2.75, 3.05) is 6.54 Å². The fourth-order valence-electron chi connectivity index (χ4n) is 2.52. The molecule has 1 amide bonds. The lowest BCUT2D eigenvalue weighted by atomic mass is 9.77. The van der Waals surface area contributed by atoms with Crippen LogP contribution in [0.25, 0.3) is 6.08 Å². The summed E-state index contributed by atoms with van der Waals surface area (Å²) >= 11 is 0.